The summed E-state index contributed by atoms with van der Waals surface area (Å²) in [6.45, 7) is 7.05. The van der Waals surface area contributed by atoms with Crippen LogP contribution in [0.15, 0.2) is 24.3 Å². The van der Waals surface area contributed by atoms with Gasteiger partial charge in [0, 0.05) is 11.9 Å². The van der Waals surface area contributed by atoms with Crippen LogP contribution in [0.4, 0.5) is 0 Å². The number of unbranched alkanes of at least 4 members (excludes halogenated alkanes) is 1. The number of fused-ring (bicyclic) bond motifs is 1. The minimum absolute atomic E-state index is 0.106. The Kier molecular flexibility index (Phi) is 6.64. The van der Waals surface area contributed by atoms with Crippen LogP contribution in [-0.2, 0) is 0 Å². The largest absolute Gasteiger partial charge is 0.351 e. The topological polar surface area (TPSA) is 57.8 Å². The highest BCUT2D eigenvalue weighted by Crippen LogP contribution is 2.14. The smallest absolute Gasteiger partial charge is 0.272 e. The summed E-state index contributed by atoms with van der Waals surface area (Å²) in [4.78, 5) is 11.8. The average Bonchev–Trinajstić information content (AvgIpc) is 2.84. The summed E-state index contributed by atoms with van der Waals surface area (Å²) < 4.78 is 0. The Hall–Kier alpha value is -1.84. The number of nitrogens with one attached hydrogen (secondary N) is 2. The molecule has 0 aliphatic heterocycles. The Balaban J connectivity index is 0.000000550. The first-order chi connectivity index (χ1) is 9.24. The maximum absolute atomic E-state index is 11.8. The van der Waals surface area contributed by atoms with Gasteiger partial charge in [-0.25, -0.2) is 0 Å². The SMILES string of the molecule is CCC.CCCCNC(=O)c1n[nH]c2ccccc12. The van der Waals surface area contributed by atoms with Gasteiger partial charge in [-0.15, -0.1) is 0 Å². The third-order valence-corrected chi connectivity index (χ3v) is 2.50. The molecule has 0 bridgehead atoms. The van der Waals surface area contributed by atoms with Gasteiger partial charge in [0.15, 0.2) is 5.69 Å². The Morgan fingerprint density at radius 2 is 1.95 bits per heavy atom. The number of H-pyrrole nitrogens is 1. The predicted octanol–water partition coefficient (Wildman–Crippen LogP) is 3.51. The number of amides is 1. The third kappa shape index (κ3) is 4.39. The van der Waals surface area contributed by atoms with Crippen molar-refractivity contribution < 1.29 is 4.79 Å². The molecule has 0 saturated heterocycles. The molecule has 4 heteroatoms. The molecule has 4 nitrogen and oxygen atoms in total. The van der Waals surface area contributed by atoms with Gasteiger partial charge in [-0.3, -0.25) is 9.89 Å². The van der Waals surface area contributed by atoms with Gasteiger partial charge >= 0.3 is 0 Å². The summed E-state index contributed by atoms with van der Waals surface area (Å²) in [5.74, 6) is -0.106. The van der Waals surface area contributed by atoms with Crippen LogP contribution in [0, 0.1) is 0 Å². The van der Waals surface area contributed by atoms with Crippen molar-refractivity contribution in [3.63, 3.8) is 0 Å². The molecule has 0 aliphatic rings. The molecule has 2 aromatic rings. The molecule has 1 aromatic carbocycles. The Bertz CT molecular complexity index is 505. The van der Waals surface area contributed by atoms with Gasteiger partial charge < -0.3 is 5.32 Å². The molecule has 0 atom stereocenters. The van der Waals surface area contributed by atoms with E-state index in [0.29, 0.717) is 12.2 Å². The average molecular weight is 261 g/mol. The molecule has 1 amide bonds. The number of carbonyl (C=O) groups excluding carboxylic acids is 1. The maximum Gasteiger partial charge on any atom is 0.272 e. The van der Waals surface area contributed by atoms with E-state index >= 15 is 0 Å². The number of benzene rings is 1. The Morgan fingerprint density at radius 1 is 1.26 bits per heavy atom. The number of hydrogen-bond acceptors (Lipinski definition) is 2. The summed E-state index contributed by atoms with van der Waals surface area (Å²) in [5.41, 5.74) is 1.37. The number of hydrogen-bond donors (Lipinski definition) is 2. The molecule has 0 saturated carbocycles. The maximum atomic E-state index is 11.8. The molecule has 2 N–H and O–H groups in total. The normalized spacial score (nSPS) is 9.84. The van der Waals surface area contributed by atoms with Crippen LogP contribution in [0.1, 0.15) is 50.5 Å². The summed E-state index contributed by atoms with van der Waals surface area (Å²) in [6.07, 6.45) is 3.32. The molecule has 104 valence electrons. The van der Waals surface area contributed by atoms with Gasteiger partial charge in [0.25, 0.3) is 5.91 Å². The van der Waals surface area contributed by atoms with Crippen molar-refractivity contribution in [2.45, 2.75) is 40.0 Å². The van der Waals surface area contributed by atoms with Crippen LogP contribution in [-0.4, -0.2) is 22.6 Å². The minimum atomic E-state index is -0.106. The lowest BCUT2D eigenvalue weighted by Crippen LogP contribution is -2.24. The molecule has 0 radical (unpaired) electrons. The fourth-order valence-corrected chi connectivity index (χ4v) is 1.60. The highest BCUT2D eigenvalue weighted by atomic mass is 16.1. The van der Waals surface area contributed by atoms with Gasteiger partial charge in [0.2, 0.25) is 0 Å². The third-order valence-electron chi connectivity index (χ3n) is 2.50. The zero-order chi connectivity index (χ0) is 14.1. The zero-order valence-corrected chi connectivity index (χ0v) is 12.0. The van der Waals surface area contributed by atoms with Gasteiger partial charge in [0.05, 0.1) is 5.52 Å². The monoisotopic (exact) mass is 261 g/mol. The van der Waals surface area contributed by atoms with E-state index in [0.717, 1.165) is 23.7 Å². The fourth-order valence-electron chi connectivity index (χ4n) is 1.60. The molecule has 1 heterocycles. The van der Waals surface area contributed by atoms with Crippen LogP contribution in [0.25, 0.3) is 10.9 Å². The van der Waals surface area contributed by atoms with E-state index in [-0.39, 0.29) is 5.91 Å². The van der Waals surface area contributed by atoms with Crippen LogP contribution in [0.2, 0.25) is 0 Å². The van der Waals surface area contributed by atoms with Gasteiger partial charge in [-0.05, 0) is 12.5 Å². The molecule has 2 rings (SSSR count). The van der Waals surface area contributed by atoms with Crippen molar-refractivity contribution in [3.05, 3.63) is 30.0 Å². The van der Waals surface area contributed by atoms with Crippen molar-refractivity contribution in [1.29, 1.82) is 0 Å². The first-order valence-corrected chi connectivity index (χ1v) is 6.95. The van der Waals surface area contributed by atoms with Crippen molar-refractivity contribution in [3.8, 4) is 0 Å². The van der Waals surface area contributed by atoms with Crippen LogP contribution in [0.5, 0.6) is 0 Å². The van der Waals surface area contributed by atoms with Crippen molar-refractivity contribution in [1.82, 2.24) is 15.5 Å². The highest BCUT2D eigenvalue weighted by molar-refractivity contribution is 6.04. The Morgan fingerprint density at radius 3 is 2.63 bits per heavy atom. The van der Waals surface area contributed by atoms with Gasteiger partial charge in [-0.2, -0.15) is 5.10 Å². The summed E-state index contributed by atoms with van der Waals surface area (Å²) in [7, 11) is 0. The molecular weight excluding hydrogens is 238 g/mol. The van der Waals surface area contributed by atoms with E-state index in [2.05, 4.69) is 36.3 Å². The van der Waals surface area contributed by atoms with E-state index in [1.165, 1.54) is 6.42 Å². The summed E-state index contributed by atoms with van der Waals surface area (Å²) >= 11 is 0. The van der Waals surface area contributed by atoms with E-state index in [4.69, 9.17) is 0 Å². The number of para-hydroxylation sites is 1. The standard InChI is InChI=1S/C12H15N3O.C3H8/c1-2-3-8-13-12(16)11-9-6-4-5-7-10(9)14-15-11;1-3-2/h4-7H,2-3,8H2,1H3,(H,13,16)(H,14,15);3H2,1-2H3. The van der Waals surface area contributed by atoms with E-state index in [1.807, 2.05) is 24.3 Å². The molecule has 0 aliphatic carbocycles. The lowest BCUT2D eigenvalue weighted by molar-refractivity contribution is 0.0950. The van der Waals surface area contributed by atoms with Crippen molar-refractivity contribution in [2.75, 3.05) is 6.54 Å². The van der Waals surface area contributed by atoms with Crippen LogP contribution < -0.4 is 5.32 Å². The van der Waals surface area contributed by atoms with Crippen molar-refractivity contribution >= 4 is 16.8 Å². The lowest BCUT2D eigenvalue weighted by Gasteiger charge is -2.01. The van der Waals surface area contributed by atoms with E-state index < -0.39 is 0 Å². The van der Waals surface area contributed by atoms with E-state index in [9.17, 15) is 4.79 Å². The second-order valence-electron chi connectivity index (χ2n) is 4.43. The molecule has 0 spiro atoms. The second kappa shape index (κ2) is 8.29. The number of aromatic nitrogens is 2. The number of aromatic amines is 1. The molecule has 19 heavy (non-hydrogen) atoms. The number of nitrogens with zero attached hydrogens (tertiary/aromatic N) is 1. The zero-order valence-electron chi connectivity index (χ0n) is 12.0. The predicted molar refractivity (Wildman–Crippen MR) is 79.3 cm³/mol. The molecule has 1 aromatic heterocycles. The lowest BCUT2D eigenvalue weighted by atomic mass is 10.2. The van der Waals surface area contributed by atoms with Crippen LogP contribution >= 0.6 is 0 Å². The molecule has 0 unspecified atom stereocenters. The van der Waals surface area contributed by atoms with E-state index in [1.54, 1.807) is 0 Å². The minimum Gasteiger partial charge on any atom is -0.351 e. The highest BCUT2D eigenvalue weighted by Gasteiger charge is 2.12. The quantitative estimate of drug-likeness (QED) is 0.827. The second-order valence-corrected chi connectivity index (χ2v) is 4.43. The Labute approximate surface area is 114 Å². The van der Waals surface area contributed by atoms with Gasteiger partial charge in [0.1, 0.15) is 0 Å². The molecule has 0 fully saturated rings. The van der Waals surface area contributed by atoms with Gasteiger partial charge in [-0.1, -0.05) is 51.8 Å². The molecular formula is C15H23N3O. The van der Waals surface area contributed by atoms with Crippen LogP contribution in [0.3, 0.4) is 0 Å². The van der Waals surface area contributed by atoms with Crippen molar-refractivity contribution in [2.24, 2.45) is 0 Å². The first kappa shape index (κ1) is 15.2. The summed E-state index contributed by atoms with van der Waals surface area (Å²) in [6, 6.07) is 7.62. The number of rotatable bonds is 4. The number of carbonyl (C=O) groups is 1. The first-order valence-electron chi connectivity index (χ1n) is 6.95. The summed E-state index contributed by atoms with van der Waals surface area (Å²) in [5, 5.41) is 10.6. The fraction of sp³-hybridized carbons (Fsp3) is 0.467.